The van der Waals surface area contributed by atoms with E-state index in [1.165, 1.54) is 12.1 Å². The Hall–Kier alpha value is -1.18. The van der Waals surface area contributed by atoms with Crippen molar-refractivity contribution in [3.8, 4) is 5.75 Å². The SMILES string of the molecule is COCCCOc1ccc(S(N)(=O)=O)cc1F. The summed E-state index contributed by atoms with van der Waals surface area (Å²) >= 11 is 0. The van der Waals surface area contributed by atoms with Crippen LogP contribution in [0.2, 0.25) is 0 Å². The van der Waals surface area contributed by atoms with Crippen molar-refractivity contribution in [2.45, 2.75) is 11.3 Å². The first kappa shape index (κ1) is 13.9. The highest BCUT2D eigenvalue weighted by molar-refractivity contribution is 7.89. The highest BCUT2D eigenvalue weighted by atomic mass is 32.2. The van der Waals surface area contributed by atoms with E-state index in [1.807, 2.05) is 0 Å². The number of hydrogen-bond donors (Lipinski definition) is 1. The summed E-state index contributed by atoms with van der Waals surface area (Å²) in [6, 6.07) is 3.27. The number of benzene rings is 1. The Balaban J connectivity index is 2.70. The van der Waals surface area contributed by atoms with Gasteiger partial charge in [-0.3, -0.25) is 0 Å². The van der Waals surface area contributed by atoms with E-state index in [4.69, 9.17) is 14.6 Å². The number of hydrogen-bond acceptors (Lipinski definition) is 4. The zero-order valence-electron chi connectivity index (χ0n) is 9.35. The van der Waals surface area contributed by atoms with Crippen molar-refractivity contribution >= 4 is 10.0 Å². The van der Waals surface area contributed by atoms with E-state index < -0.39 is 15.8 Å². The number of sulfonamides is 1. The number of primary sulfonamides is 1. The maximum Gasteiger partial charge on any atom is 0.238 e. The van der Waals surface area contributed by atoms with Gasteiger partial charge >= 0.3 is 0 Å². The number of halogens is 1. The minimum Gasteiger partial charge on any atom is -0.490 e. The van der Waals surface area contributed by atoms with Crippen LogP contribution < -0.4 is 9.88 Å². The Kier molecular flexibility index (Phi) is 4.86. The summed E-state index contributed by atoms with van der Waals surface area (Å²) in [6.45, 7) is 0.802. The molecule has 0 saturated carbocycles. The van der Waals surface area contributed by atoms with Crippen molar-refractivity contribution in [1.29, 1.82) is 0 Å². The van der Waals surface area contributed by atoms with Crippen molar-refractivity contribution in [3.63, 3.8) is 0 Å². The average Bonchev–Trinajstić information content (AvgIpc) is 2.24. The Morgan fingerprint density at radius 1 is 1.35 bits per heavy atom. The van der Waals surface area contributed by atoms with Gasteiger partial charge in [-0.1, -0.05) is 0 Å². The smallest absolute Gasteiger partial charge is 0.238 e. The van der Waals surface area contributed by atoms with Gasteiger partial charge in [-0.05, 0) is 18.2 Å². The Bertz CT molecular complexity index is 475. The predicted octanol–water partition coefficient (Wildman–Crippen LogP) is 0.888. The number of ether oxygens (including phenoxy) is 2. The molecule has 0 aliphatic rings. The topological polar surface area (TPSA) is 78.6 Å². The van der Waals surface area contributed by atoms with Crippen molar-refractivity contribution in [3.05, 3.63) is 24.0 Å². The van der Waals surface area contributed by atoms with E-state index in [-0.39, 0.29) is 10.6 Å². The predicted molar refractivity (Wildman–Crippen MR) is 59.8 cm³/mol. The highest BCUT2D eigenvalue weighted by Gasteiger charge is 2.12. The van der Waals surface area contributed by atoms with Crippen LogP contribution in [0.1, 0.15) is 6.42 Å². The first-order chi connectivity index (χ1) is 7.95. The fourth-order valence-corrected chi connectivity index (χ4v) is 1.69. The summed E-state index contributed by atoms with van der Waals surface area (Å²) in [7, 11) is -2.33. The third-order valence-electron chi connectivity index (χ3n) is 1.98. The molecule has 0 aromatic heterocycles. The van der Waals surface area contributed by atoms with Gasteiger partial charge in [0.2, 0.25) is 10.0 Å². The average molecular weight is 263 g/mol. The van der Waals surface area contributed by atoms with Crippen molar-refractivity contribution in [1.82, 2.24) is 0 Å². The van der Waals surface area contributed by atoms with Gasteiger partial charge in [0.1, 0.15) is 0 Å². The molecule has 2 N–H and O–H groups in total. The largest absolute Gasteiger partial charge is 0.490 e. The van der Waals surface area contributed by atoms with Gasteiger partial charge < -0.3 is 9.47 Å². The molecule has 5 nitrogen and oxygen atoms in total. The number of rotatable bonds is 6. The Morgan fingerprint density at radius 2 is 2.06 bits per heavy atom. The third-order valence-corrected chi connectivity index (χ3v) is 2.89. The molecule has 0 aliphatic heterocycles. The minimum atomic E-state index is -3.89. The molecule has 1 aromatic rings. The summed E-state index contributed by atoms with van der Waals surface area (Å²) < 4.78 is 45.2. The minimum absolute atomic E-state index is 0.00602. The van der Waals surface area contributed by atoms with Gasteiger partial charge in [-0.2, -0.15) is 0 Å². The van der Waals surface area contributed by atoms with E-state index in [0.717, 1.165) is 6.07 Å². The summed E-state index contributed by atoms with van der Waals surface area (Å²) in [5.74, 6) is -0.762. The van der Waals surface area contributed by atoms with Crippen LogP contribution in [0.4, 0.5) is 4.39 Å². The lowest BCUT2D eigenvalue weighted by molar-refractivity contribution is 0.170. The summed E-state index contributed by atoms with van der Waals surface area (Å²) in [5, 5.41) is 4.86. The van der Waals surface area contributed by atoms with Crippen molar-refractivity contribution in [2.24, 2.45) is 5.14 Å². The van der Waals surface area contributed by atoms with Gasteiger partial charge in [-0.25, -0.2) is 17.9 Å². The molecular formula is C10H14FNO4S. The molecule has 7 heteroatoms. The van der Waals surface area contributed by atoms with Crippen molar-refractivity contribution in [2.75, 3.05) is 20.3 Å². The zero-order chi connectivity index (χ0) is 12.9. The second kappa shape index (κ2) is 5.95. The molecule has 0 radical (unpaired) electrons. The number of nitrogens with two attached hydrogens (primary N) is 1. The molecule has 1 aromatic carbocycles. The van der Waals surface area contributed by atoms with Gasteiger partial charge in [0, 0.05) is 20.1 Å². The fourth-order valence-electron chi connectivity index (χ4n) is 1.16. The maximum atomic E-state index is 13.4. The first-order valence-corrected chi connectivity index (χ1v) is 6.44. The Labute approximate surface area is 99.4 Å². The van der Waals surface area contributed by atoms with E-state index in [2.05, 4.69) is 0 Å². The highest BCUT2D eigenvalue weighted by Crippen LogP contribution is 2.20. The lowest BCUT2D eigenvalue weighted by Crippen LogP contribution is -2.12. The van der Waals surface area contributed by atoms with Gasteiger partial charge in [0.05, 0.1) is 11.5 Å². The van der Waals surface area contributed by atoms with Crippen LogP contribution in [0.3, 0.4) is 0 Å². The van der Waals surface area contributed by atoms with Crippen LogP contribution >= 0.6 is 0 Å². The maximum absolute atomic E-state index is 13.4. The Morgan fingerprint density at radius 3 is 2.59 bits per heavy atom. The van der Waals surface area contributed by atoms with E-state index >= 15 is 0 Å². The molecule has 0 unspecified atom stereocenters. The van der Waals surface area contributed by atoms with Crippen LogP contribution in [-0.2, 0) is 14.8 Å². The van der Waals surface area contributed by atoms with Gasteiger partial charge in [-0.15, -0.1) is 0 Å². The van der Waals surface area contributed by atoms with E-state index in [1.54, 1.807) is 7.11 Å². The van der Waals surface area contributed by atoms with E-state index in [0.29, 0.717) is 19.6 Å². The van der Waals surface area contributed by atoms with E-state index in [9.17, 15) is 12.8 Å². The summed E-state index contributed by atoms with van der Waals surface area (Å²) in [5.41, 5.74) is 0. The second-order valence-corrected chi connectivity index (χ2v) is 4.89. The molecule has 0 heterocycles. The van der Waals surface area contributed by atoms with Crippen LogP contribution in [0.25, 0.3) is 0 Å². The molecule has 96 valence electrons. The molecule has 0 atom stereocenters. The van der Waals surface area contributed by atoms with Crippen LogP contribution in [0.15, 0.2) is 23.1 Å². The lowest BCUT2D eigenvalue weighted by atomic mass is 10.3. The van der Waals surface area contributed by atoms with Crippen LogP contribution in [-0.4, -0.2) is 28.7 Å². The summed E-state index contributed by atoms with van der Waals surface area (Å²) in [4.78, 5) is -0.278. The standard InChI is InChI=1S/C10H14FNO4S/c1-15-5-2-6-16-10-4-3-8(7-9(10)11)17(12,13)14/h3-4,7H,2,5-6H2,1H3,(H2,12,13,14). The molecule has 17 heavy (non-hydrogen) atoms. The van der Waals surface area contributed by atoms with Crippen LogP contribution in [0, 0.1) is 5.82 Å². The molecule has 0 aliphatic carbocycles. The molecule has 0 saturated heterocycles. The molecule has 0 spiro atoms. The molecule has 0 fully saturated rings. The van der Waals surface area contributed by atoms with Gasteiger partial charge in [0.15, 0.2) is 11.6 Å². The van der Waals surface area contributed by atoms with Crippen molar-refractivity contribution < 1.29 is 22.3 Å². The normalized spacial score (nSPS) is 11.5. The second-order valence-electron chi connectivity index (χ2n) is 3.33. The molecule has 0 amide bonds. The first-order valence-electron chi connectivity index (χ1n) is 4.89. The quantitative estimate of drug-likeness (QED) is 0.773. The lowest BCUT2D eigenvalue weighted by Gasteiger charge is -2.07. The number of methoxy groups -OCH3 is 1. The zero-order valence-corrected chi connectivity index (χ0v) is 10.2. The molecular weight excluding hydrogens is 249 g/mol. The monoisotopic (exact) mass is 263 g/mol. The third kappa shape index (κ3) is 4.29. The fraction of sp³-hybridized carbons (Fsp3) is 0.400. The molecule has 0 bridgehead atoms. The van der Waals surface area contributed by atoms with Crippen LogP contribution in [0.5, 0.6) is 5.75 Å². The molecule has 1 rings (SSSR count). The summed E-state index contributed by atoms with van der Waals surface area (Å²) in [6.07, 6.45) is 0.618. The van der Waals surface area contributed by atoms with Gasteiger partial charge in [0.25, 0.3) is 0 Å².